The number of aliphatic hydroxyl groups excluding tert-OH is 1. The Morgan fingerprint density at radius 2 is 1.79 bits per heavy atom. The van der Waals surface area contributed by atoms with Crippen LogP contribution in [0.25, 0.3) is 0 Å². The molecular weight excluding hydrogens is 378 g/mol. The number of ketones is 1. The minimum atomic E-state index is -1.06. The molecule has 156 valence electrons. The van der Waals surface area contributed by atoms with Gasteiger partial charge in [0, 0.05) is 5.03 Å². The lowest BCUT2D eigenvalue weighted by Gasteiger charge is -2.29. The SMILES string of the molecule is C/C(Cl)=C/C(O)C(Cc1ccccc1)C(=O)[C@H](NC(=O)OC(C)(C)C)C(C)C. The van der Waals surface area contributed by atoms with Crippen LogP contribution in [0.5, 0.6) is 0 Å². The molecule has 3 atom stereocenters. The van der Waals surface area contributed by atoms with Crippen molar-refractivity contribution in [2.45, 2.75) is 65.7 Å². The lowest BCUT2D eigenvalue weighted by atomic mass is 9.83. The van der Waals surface area contributed by atoms with Crippen molar-refractivity contribution in [3.8, 4) is 0 Å². The molecular formula is C22H32ClNO4. The number of ether oxygens (including phenoxy) is 1. The highest BCUT2D eigenvalue weighted by Crippen LogP contribution is 2.21. The van der Waals surface area contributed by atoms with Crippen LogP contribution in [0.15, 0.2) is 41.4 Å². The van der Waals surface area contributed by atoms with Crippen LogP contribution in [0.2, 0.25) is 0 Å². The molecule has 1 amide bonds. The van der Waals surface area contributed by atoms with E-state index in [2.05, 4.69) is 5.32 Å². The molecule has 0 spiro atoms. The molecule has 2 unspecified atom stereocenters. The topological polar surface area (TPSA) is 75.6 Å². The zero-order valence-electron chi connectivity index (χ0n) is 17.5. The Kier molecular flexibility index (Phi) is 9.18. The first-order chi connectivity index (χ1) is 12.9. The minimum Gasteiger partial charge on any atom is -0.444 e. The Labute approximate surface area is 173 Å². The van der Waals surface area contributed by atoms with Gasteiger partial charge in [-0.3, -0.25) is 4.79 Å². The van der Waals surface area contributed by atoms with Crippen LogP contribution < -0.4 is 5.32 Å². The first kappa shape index (κ1) is 24.2. The van der Waals surface area contributed by atoms with Gasteiger partial charge in [0.15, 0.2) is 5.78 Å². The number of halogens is 1. The van der Waals surface area contributed by atoms with Crippen molar-refractivity contribution in [1.29, 1.82) is 0 Å². The maximum Gasteiger partial charge on any atom is 0.408 e. The Balaban J connectivity index is 3.11. The van der Waals surface area contributed by atoms with Crippen molar-refractivity contribution in [2.24, 2.45) is 11.8 Å². The second-order valence-corrected chi connectivity index (χ2v) is 8.91. The molecule has 1 aromatic rings. The van der Waals surface area contributed by atoms with Crippen LogP contribution in [0, 0.1) is 11.8 Å². The number of nitrogens with one attached hydrogen (secondary N) is 1. The molecule has 0 heterocycles. The van der Waals surface area contributed by atoms with Gasteiger partial charge in [0.2, 0.25) is 0 Å². The summed E-state index contributed by atoms with van der Waals surface area (Å²) in [7, 11) is 0. The highest BCUT2D eigenvalue weighted by atomic mass is 35.5. The maximum atomic E-state index is 13.3. The molecule has 5 nitrogen and oxygen atoms in total. The molecule has 6 heteroatoms. The van der Waals surface area contributed by atoms with Crippen molar-refractivity contribution < 1.29 is 19.4 Å². The number of rotatable bonds is 8. The Hall–Kier alpha value is -1.85. The van der Waals surface area contributed by atoms with Gasteiger partial charge in [-0.25, -0.2) is 4.79 Å². The number of benzene rings is 1. The van der Waals surface area contributed by atoms with E-state index in [0.29, 0.717) is 11.5 Å². The summed E-state index contributed by atoms with van der Waals surface area (Å²) in [5.74, 6) is -1.18. The summed E-state index contributed by atoms with van der Waals surface area (Å²) >= 11 is 5.92. The lowest BCUT2D eigenvalue weighted by molar-refractivity contribution is -0.128. The molecule has 0 saturated carbocycles. The number of amides is 1. The normalized spacial score (nSPS) is 15.7. The number of carbonyl (C=O) groups is 2. The zero-order chi connectivity index (χ0) is 21.5. The van der Waals surface area contributed by atoms with E-state index in [1.54, 1.807) is 27.7 Å². The Morgan fingerprint density at radius 1 is 1.21 bits per heavy atom. The third kappa shape index (κ3) is 8.44. The first-order valence-corrected chi connectivity index (χ1v) is 9.87. The molecule has 0 bridgehead atoms. The Morgan fingerprint density at radius 3 is 2.25 bits per heavy atom. The van der Waals surface area contributed by atoms with E-state index in [-0.39, 0.29) is 11.7 Å². The number of aliphatic hydroxyl groups is 1. The zero-order valence-corrected chi connectivity index (χ0v) is 18.3. The number of hydrogen-bond donors (Lipinski definition) is 2. The summed E-state index contributed by atoms with van der Waals surface area (Å²) in [6.45, 7) is 10.6. The quantitative estimate of drug-likeness (QED) is 0.664. The van der Waals surface area contributed by atoms with Gasteiger partial charge in [-0.2, -0.15) is 0 Å². The molecule has 0 aliphatic carbocycles. The lowest BCUT2D eigenvalue weighted by Crippen LogP contribution is -2.50. The summed E-state index contributed by atoms with van der Waals surface area (Å²) in [6, 6.07) is 8.66. The van der Waals surface area contributed by atoms with Crippen molar-refractivity contribution in [3.05, 3.63) is 47.0 Å². The molecule has 0 aliphatic heterocycles. The Bertz CT molecular complexity index is 676. The van der Waals surface area contributed by atoms with Gasteiger partial charge < -0.3 is 15.2 Å². The number of alkyl carbamates (subject to hydrolysis) is 1. The predicted octanol–water partition coefficient (Wildman–Crippen LogP) is 4.47. The number of Topliss-reactive ketones (excluding diaryl/α,β-unsaturated/α-hetero) is 1. The van der Waals surface area contributed by atoms with Crippen LogP contribution >= 0.6 is 11.6 Å². The number of hydrogen-bond acceptors (Lipinski definition) is 4. The second kappa shape index (κ2) is 10.6. The monoisotopic (exact) mass is 409 g/mol. The fourth-order valence-electron chi connectivity index (χ4n) is 2.84. The van der Waals surface area contributed by atoms with E-state index in [0.717, 1.165) is 5.56 Å². The average molecular weight is 410 g/mol. The van der Waals surface area contributed by atoms with E-state index in [1.807, 2.05) is 44.2 Å². The van der Waals surface area contributed by atoms with Gasteiger partial charge in [0.1, 0.15) is 5.60 Å². The van der Waals surface area contributed by atoms with Crippen molar-refractivity contribution >= 4 is 23.5 Å². The molecule has 0 radical (unpaired) electrons. The minimum absolute atomic E-state index is 0.174. The van der Waals surface area contributed by atoms with Gasteiger partial charge in [-0.1, -0.05) is 55.8 Å². The van der Waals surface area contributed by atoms with Crippen LogP contribution in [-0.4, -0.2) is 34.7 Å². The van der Waals surface area contributed by atoms with Crippen LogP contribution in [0.4, 0.5) is 4.79 Å². The highest BCUT2D eigenvalue weighted by Gasteiger charge is 2.35. The molecule has 0 aliphatic rings. The fraction of sp³-hybridized carbons (Fsp3) is 0.545. The molecule has 1 rings (SSSR count). The molecule has 0 saturated heterocycles. The van der Waals surface area contributed by atoms with E-state index >= 15 is 0 Å². The fourth-order valence-corrected chi connectivity index (χ4v) is 2.97. The van der Waals surface area contributed by atoms with Gasteiger partial charge in [-0.15, -0.1) is 0 Å². The maximum absolute atomic E-state index is 13.3. The van der Waals surface area contributed by atoms with Crippen molar-refractivity contribution in [2.75, 3.05) is 0 Å². The number of carbonyl (C=O) groups excluding carboxylic acids is 2. The molecule has 28 heavy (non-hydrogen) atoms. The predicted molar refractivity (Wildman–Crippen MR) is 112 cm³/mol. The van der Waals surface area contributed by atoms with Crippen LogP contribution in [0.3, 0.4) is 0 Å². The molecule has 1 aromatic carbocycles. The molecule has 0 aromatic heterocycles. The third-order valence-electron chi connectivity index (χ3n) is 4.12. The second-order valence-electron chi connectivity index (χ2n) is 8.31. The van der Waals surface area contributed by atoms with Crippen LogP contribution in [0.1, 0.15) is 47.1 Å². The van der Waals surface area contributed by atoms with Gasteiger partial charge >= 0.3 is 6.09 Å². The first-order valence-electron chi connectivity index (χ1n) is 9.50. The van der Waals surface area contributed by atoms with Crippen molar-refractivity contribution in [3.63, 3.8) is 0 Å². The molecule has 2 N–H and O–H groups in total. The number of allylic oxidation sites excluding steroid dienone is 1. The third-order valence-corrected chi connectivity index (χ3v) is 4.25. The smallest absolute Gasteiger partial charge is 0.408 e. The van der Waals surface area contributed by atoms with E-state index in [4.69, 9.17) is 16.3 Å². The van der Waals surface area contributed by atoms with E-state index < -0.39 is 29.8 Å². The van der Waals surface area contributed by atoms with Crippen molar-refractivity contribution in [1.82, 2.24) is 5.32 Å². The van der Waals surface area contributed by atoms with E-state index in [1.165, 1.54) is 6.08 Å². The van der Waals surface area contributed by atoms with Crippen LogP contribution in [-0.2, 0) is 16.0 Å². The highest BCUT2D eigenvalue weighted by molar-refractivity contribution is 6.29. The van der Waals surface area contributed by atoms with Gasteiger partial charge in [0.25, 0.3) is 0 Å². The summed E-state index contributed by atoms with van der Waals surface area (Å²) in [6.07, 6.45) is 0.0713. The summed E-state index contributed by atoms with van der Waals surface area (Å²) < 4.78 is 5.29. The molecule has 0 fully saturated rings. The summed E-state index contributed by atoms with van der Waals surface area (Å²) in [4.78, 5) is 25.5. The standard InChI is InChI=1S/C22H32ClNO4/c1-14(2)19(24-21(27)28-22(4,5)6)20(26)17(18(25)12-15(3)23)13-16-10-8-7-9-11-16/h7-12,14,17-19,25H,13H2,1-6H3,(H,24,27)/b15-12-/t17?,18?,19-/m1/s1. The average Bonchev–Trinajstić information content (AvgIpc) is 2.55. The largest absolute Gasteiger partial charge is 0.444 e. The summed E-state index contributed by atoms with van der Waals surface area (Å²) in [5.41, 5.74) is 0.246. The van der Waals surface area contributed by atoms with E-state index in [9.17, 15) is 14.7 Å². The van der Waals surface area contributed by atoms with Gasteiger partial charge in [-0.05, 0) is 51.7 Å². The van der Waals surface area contributed by atoms with Gasteiger partial charge in [0.05, 0.1) is 18.1 Å². The summed E-state index contributed by atoms with van der Waals surface area (Å²) in [5, 5.41) is 13.7.